The second kappa shape index (κ2) is 5.89. The van der Waals surface area contributed by atoms with Crippen molar-refractivity contribution in [1.82, 2.24) is 9.78 Å². The molecule has 0 amide bonds. The van der Waals surface area contributed by atoms with E-state index in [2.05, 4.69) is 24.7 Å². The van der Waals surface area contributed by atoms with Gasteiger partial charge in [0.25, 0.3) is 0 Å². The molecule has 0 aliphatic heterocycles. The monoisotopic (exact) mass is 290 g/mol. The molecule has 0 aliphatic carbocycles. The van der Waals surface area contributed by atoms with Crippen molar-refractivity contribution in [2.24, 2.45) is 0 Å². The summed E-state index contributed by atoms with van der Waals surface area (Å²) in [5.74, 6) is 0. The lowest BCUT2D eigenvalue weighted by Gasteiger charge is -2.15. The summed E-state index contributed by atoms with van der Waals surface area (Å²) < 4.78 is 7.49. The zero-order valence-corrected chi connectivity index (χ0v) is 13.6. The smallest absolute Gasteiger partial charge is 0.170 e. The van der Waals surface area contributed by atoms with Gasteiger partial charge >= 0.3 is 0 Å². The number of rotatable bonds is 6. The number of carbonyl (C=O) groups excluding carboxylic acids is 1. The number of aromatic nitrogens is 2. The van der Waals surface area contributed by atoms with E-state index in [9.17, 15) is 4.79 Å². The molecule has 108 valence electrons. The lowest BCUT2D eigenvalue weighted by molar-refractivity contribution is 0.0812. The molecule has 0 N–H and O–H groups in total. The summed E-state index contributed by atoms with van der Waals surface area (Å²) in [5, 5.41) is 5.21. The lowest BCUT2D eigenvalue weighted by Crippen LogP contribution is -2.22. The lowest BCUT2D eigenvalue weighted by atomic mass is 10.1. The number of benzene rings is 1. The third kappa shape index (κ3) is 3.55. The standard InChI is InChI=1S/C15H22N2O2Si/c1-12-5-6-13-14(10-18)16-17(15(13)9-12)11-19-7-8-20(2,3)4/h5-6,9-10H,7-8,11H2,1-4H3. The van der Waals surface area contributed by atoms with Gasteiger partial charge < -0.3 is 4.74 Å². The van der Waals surface area contributed by atoms with Crippen LogP contribution in [0.15, 0.2) is 18.2 Å². The highest BCUT2D eigenvalue weighted by Crippen LogP contribution is 2.19. The number of hydrogen-bond acceptors (Lipinski definition) is 3. The van der Waals surface area contributed by atoms with Gasteiger partial charge in [-0.15, -0.1) is 0 Å². The van der Waals surface area contributed by atoms with E-state index < -0.39 is 8.07 Å². The fourth-order valence-electron chi connectivity index (χ4n) is 2.02. The Morgan fingerprint density at radius 3 is 2.75 bits per heavy atom. The minimum absolute atomic E-state index is 0.401. The third-order valence-electron chi connectivity index (χ3n) is 3.26. The largest absolute Gasteiger partial charge is 0.360 e. The van der Waals surface area contributed by atoms with Gasteiger partial charge in [0, 0.05) is 20.1 Å². The summed E-state index contributed by atoms with van der Waals surface area (Å²) in [6.07, 6.45) is 0.802. The first kappa shape index (κ1) is 14.9. The number of aryl methyl sites for hydroxylation is 1. The molecule has 5 heteroatoms. The van der Waals surface area contributed by atoms with Crippen LogP contribution in [0.2, 0.25) is 25.7 Å². The average Bonchev–Trinajstić information content (AvgIpc) is 2.71. The molecular weight excluding hydrogens is 268 g/mol. The molecule has 0 bridgehead atoms. The SMILES string of the molecule is Cc1ccc2c(C=O)nn(COCC[Si](C)(C)C)c2c1. The first-order valence-electron chi connectivity index (χ1n) is 6.91. The summed E-state index contributed by atoms with van der Waals surface area (Å²) in [6.45, 7) is 10.2. The highest BCUT2D eigenvalue weighted by Gasteiger charge is 2.13. The van der Waals surface area contributed by atoms with Gasteiger partial charge in [-0.3, -0.25) is 4.79 Å². The van der Waals surface area contributed by atoms with Crippen molar-refractivity contribution in [2.75, 3.05) is 6.61 Å². The summed E-state index contributed by atoms with van der Waals surface area (Å²) in [4.78, 5) is 11.1. The Hall–Kier alpha value is -1.46. The van der Waals surface area contributed by atoms with Crippen LogP contribution in [0, 0.1) is 6.92 Å². The van der Waals surface area contributed by atoms with Crippen molar-refractivity contribution in [3.8, 4) is 0 Å². The molecule has 1 aromatic heterocycles. The van der Waals surface area contributed by atoms with Crippen molar-refractivity contribution in [3.05, 3.63) is 29.5 Å². The topological polar surface area (TPSA) is 44.1 Å². The molecule has 1 aromatic carbocycles. The second-order valence-corrected chi connectivity index (χ2v) is 12.0. The van der Waals surface area contributed by atoms with Crippen molar-refractivity contribution < 1.29 is 9.53 Å². The number of aldehydes is 1. The van der Waals surface area contributed by atoms with Gasteiger partial charge in [-0.05, 0) is 24.6 Å². The fourth-order valence-corrected chi connectivity index (χ4v) is 2.78. The van der Waals surface area contributed by atoms with Gasteiger partial charge in [0.1, 0.15) is 12.4 Å². The molecule has 1 heterocycles. The van der Waals surface area contributed by atoms with Gasteiger partial charge in [0.2, 0.25) is 0 Å². The van der Waals surface area contributed by atoms with Crippen molar-refractivity contribution >= 4 is 25.3 Å². The average molecular weight is 290 g/mol. The molecule has 0 fully saturated rings. The van der Waals surface area contributed by atoms with Crippen LogP contribution in [0.5, 0.6) is 0 Å². The van der Waals surface area contributed by atoms with E-state index in [1.54, 1.807) is 4.68 Å². The van der Waals surface area contributed by atoms with E-state index in [1.165, 1.54) is 0 Å². The first-order valence-corrected chi connectivity index (χ1v) is 10.6. The molecule has 0 atom stereocenters. The van der Waals surface area contributed by atoms with Crippen LogP contribution in [0.4, 0.5) is 0 Å². The molecule has 20 heavy (non-hydrogen) atoms. The zero-order chi connectivity index (χ0) is 14.8. The number of ether oxygens (including phenoxy) is 1. The van der Waals surface area contributed by atoms with Gasteiger partial charge in [-0.1, -0.05) is 31.8 Å². The maximum Gasteiger partial charge on any atom is 0.170 e. The van der Waals surface area contributed by atoms with E-state index in [-0.39, 0.29) is 0 Å². The van der Waals surface area contributed by atoms with Crippen LogP contribution in [-0.2, 0) is 11.5 Å². The number of nitrogens with zero attached hydrogens (tertiary/aromatic N) is 2. The highest BCUT2D eigenvalue weighted by molar-refractivity contribution is 6.76. The first-order chi connectivity index (χ1) is 9.40. The number of carbonyl (C=O) groups is 1. The molecule has 4 nitrogen and oxygen atoms in total. The Balaban J connectivity index is 2.13. The van der Waals surface area contributed by atoms with Crippen molar-refractivity contribution in [1.29, 1.82) is 0 Å². The molecule has 0 spiro atoms. The van der Waals surface area contributed by atoms with Crippen LogP contribution < -0.4 is 0 Å². The van der Waals surface area contributed by atoms with E-state index >= 15 is 0 Å². The van der Waals surface area contributed by atoms with E-state index in [4.69, 9.17) is 4.74 Å². The quantitative estimate of drug-likeness (QED) is 0.465. The normalized spacial score (nSPS) is 12.0. The van der Waals surface area contributed by atoms with Crippen molar-refractivity contribution in [2.45, 2.75) is 39.3 Å². The molecule has 0 saturated heterocycles. The summed E-state index contributed by atoms with van der Waals surface area (Å²) in [7, 11) is -1.07. The van der Waals surface area contributed by atoms with Crippen LogP contribution in [0.1, 0.15) is 16.1 Å². The molecular formula is C15H22N2O2Si. The highest BCUT2D eigenvalue weighted by atomic mass is 28.3. The van der Waals surface area contributed by atoms with Crippen LogP contribution >= 0.6 is 0 Å². The van der Waals surface area contributed by atoms with Gasteiger partial charge in [0.05, 0.1) is 5.52 Å². The predicted molar refractivity (Wildman–Crippen MR) is 84.0 cm³/mol. The van der Waals surface area contributed by atoms with Crippen LogP contribution in [-0.4, -0.2) is 30.7 Å². The Bertz CT molecular complexity index is 614. The number of hydrogen-bond donors (Lipinski definition) is 0. The van der Waals surface area contributed by atoms with Gasteiger partial charge in [-0.2, -0.15) is 5.10 Å². The molecule has 2 rings (SSSR count). The summed E-state index contributed by atoms with van der Waals surface area (Å²) >= 11 is 0. The Morgan fingerprint density at radius 1 is 1.35 bits per heavy atom. The van der Waals surface area contributed by atoms with Crippen LogP contribution in [0.3, 0.4) is 0 Å². The van der Waals surface area contributed by atoms with E-state index in [1.807, 2.05) is 25.1 Å². The molecule has 0 saturated carbocycles. The Morgan fingerprint density at radius 2 is 2.10 bits per heavy atom. The molecule has 0 unspecified atom stereocenters. The molecule has 0 radical (unpaired) electrons. The third-order valence-corrected chi connectivity index (χ3v) is 4.96. The predicted octanol–water partition coefficient (Wildman–Crippen LogP) is 3.47. The summed E-state index contributed by atoms with van der Waals surface area (Å²) in [5.41, 5.74) is 2.59. The molecule has 0 aliphatic rings. The Labute approximate surface area is 120 Å². The maximum atomic E-state index is 11.1. The fraction of sp³-hybridized carbons (Fsp3) is 0.467. The van der Waals surface area contributed by atoms with Crippen LogP contribution in [0.25, 0.3) is 10.9 Å². The van der Waals surface area contributed by atoms with Gasteiger partial charge in [0.15, 0.2) is 6.29 Å². The number of fused-ring (bicyclic) bond motifs is 1. The summed E-state index contributed by atoms with van der Waals surface area (Å²) in [6, 6.07) is 7.11. The second-order valence-electron chi connectivity index (χ2n) is 6.37. The van der Waals surface area contributed by atoms with Gasteiger partial charge in [-0.25, -0.2) is 4.68 Å². The minimum Gasteiger partial charge on any atom is -0.360 e. The van der Waals surface area contributed by atoms with E-state index in [0.717, 1.165) is 35.4 Å². The van der Waals surface area contributed by atoms with Crippen molar-refractivity contribution in [3.63, 3.8) is 0 Å². The molecule has 2 aromatic rings. The zero-order valence-electron chi connectivity index (χ0n) is 12.6. The maximum absolute atomic E-state index is 11.1. The Kier molecular flexibility index (Phi) is 4.40. The minimum atomic E-state index is -1.07. The van der Waals surface area contributed by atoms with E-state index in [0.29, 0.717) is 12.4 Å².